The number of carboxylic acids is 1. The lowest BCUT2D eigenvalue weighted by molar-refractivity contribution is -0.139. The number of amides is 2. The van der Waals surface area contributed by atoms with E-state index in [9.17, 15) is 9.59 Å². The number of nitrogens with zero attached hydrogens (tertiary/aromatic N) is 1. The summed E-state index contributed by atoms with van der Waals surface area (Å²) in [7, 11) is 0. The van der Waals surface area contributed by atoms with Gasteiger partial charge in [-0.2, -0.15) is 11.8 Å². The number of hydrogen-bond donors (Lipinski definition) is 3. The third kappa shape index (κ3) is 7.57. The first kappa shape index (κ1) is 18.1. The lowest BCUT2D eigenvalue weighted by atomic mass is 10.1. The van der Waals surface area contributed by atoms with E-state index in [-0.39, 0.29) is 0 Å². The van der Waals surface area contributed by atoms with Crippen LogP contribution in [0.2, 0.25) is 0 Å². The van der Waals surface area contributed by atoms with Crippen LogP contribution in [0.15, 0.2) is 0 Å². The van der Waals surface area contributed by atoms with Gasteiger partial charge in [0.15, 0.2) is 0 Å². The van der Waals surface area contributed by atoms with Gasteiger partial charge in [0.2, 0.25) is 0 Å². The molecule has 3 N–H and O–H groups in total. The van der Waals surface area contributed by atoms with Crippen molar-refractivity contribution in [3.63, 3.8) is 0 Å². The second kappa shape index (κ2) is 9.89. The molecule has 122 valence electrons. The van der Waals surface area contributed by atoms with Gasteiger partial charge in [-0.1, -0.05) is 6.92 Å². The van der Waals surface area contributed by atoms with E-state index in [2.05, 4.69) is 22.5 Å². The lowest BCUT2D eigenvalue weighted by Crippen LogP contribution is -2.47. The summed E-state index contributed by atoms with van der Waals surface area (Å²) in [5, 5.41) is 14.4. The van der Waals surface area contributed by atoms with Crippen LogP contribution in [0.5, 0.6) is 0 Å². The fourth-order valence-electron chi connectivity index (χ4n) is 2.44. The highest BCUT2D eigenvalue weighted by molar-refractivity contribution is 7.98. The van der Waals surface area contributed by atoms with Crippen LogP contribution in [0.4, 0.5) is 4.79 Å². The standard InChI is InChI=1S/C14H27N3O3S/c1-11(10-17-6-3-4-7-17)9-15-14(20)16-12(13(18)19)5-8-21-2/h11-12H,3-10H2,1-2H3,(H,18,19)(H2,15,16,20)/t11?,12-/m0/s1. The molecule has 21 heavy (non-hydrogen) atoms. The van der Waals surface area contributed by atoms with Gasteiger partial charge in [-0.15, -0.1) is 0 Å². The Kier molecular flexibility index (Phi) is 8.52. The molecule has 0 spiro atoms. The number of carbonyl (C=O) groups excluding carboxylic acids is 1. The molecule has 0 aliphatic carbocycles. The zero-order valence-electron chi connectivity index (χ0n) is 12.9. The smallest absolute Gasteiger partial charge is 0.326 e. The first-order chi connectivity index (χ1) is 10.0. The molecule has 0 aromatic carbocycles. The number of likely N-dealkylation sites (tertiary alicyclic amines) is 1. The number of hydrogen-bond acceptors (Lipinski definition) is 4. The van der Waals surface area contributed by atoms with Crippen LogP contribution in [0.3, 0.4) is 0 Å². The number of thioether (sulfide) groups is 1. The maximum Gasteiger partial charge on any atom is 0.326 e. The summed E-state index contributed by atoms with van der Waals surface area (Å²) in [6.07, 6.45) is 4.87. The molecule has 0 bridgehead atoms. The van der Waals surface area contributed by atoms with Crippen LogP contribution in [0, 0.1) is 5.92 Å². The van der Waals surface area contributed by atoms with E-state index in [1.807, 2.05) is 6.26 Å². The van der Waals surface area contributed by atoms with E-state index >= 15 is 0 Å². The van der Waals surface area contributed by atoms with Crippen molar-refractivity contribution in [2.75, 3.05) is 38.2 Å². The summed E-state index contributed by atoms with van der Waals surface area (Å²) in [5.41, 5.74) is 0. The number of aliphatic carboxylic acids is 1. The summed E-state index contributed by atoms with van der Waals surface area (Å²) in [5.74, 6) is 0.0930. The SMILES string of the molecule is CSCC[C@H](NC(=O)NCC(C)CN1CCCC1)C(=O)O. The average Bonchev–Trinajstić information content (AvgIpc) is 2.93. The van der Waals surface area contributed by atoms with Crippen molar-refractivity contribution in [1.29, 1.82) is 0 Å². The first-order valence-electron chi connectivity index (χ1n) is 7.51. The molecule has 0 radical (unpaired) electrons. The predicted molar refractivity (Wildman–Crippen MR) is 85.8 cm³/mol. The molecule has 6 nitrogen and oxygen atoms in total. The molecule has 2 amide bonds. The molecule has 1 fully saturated rings. The van der Waals surface area contributed by atoms with Gasteiger partial charge in [0, 0.05) is 13.1 Å². The summed E-state index contributed by atoms with van der Waals surface area (Å²) in [4.78, 5) is 25.2. The molecule has 2 atom stereocenters. The number of carboxylic acid groups (broad SMARTS) is 1. The molecule has 1 unspecified atom stereocenters. The van der Waals surface area contributed by atoms with Crippen LogP contribution >= 0.6 is 11.8 Å². The molecule has 0 aromatic rings. The van der Waals surface area contributed by atoms with Gasteiger partial charge in [0.25, 0.3) is 0 Å². The Morgan fingerprint density at radius 2 is 2.00 bits per heavy atom. The molecule has 0 saturated carbocycles. The third-order valence-electron chi connectivity index (χ3n) is 3.59. The van der Waals surface area contributed by atoms with Crippen molar-refractivity contribution >= 4 is 23.8 Å². The van der Waals surface area contributed by atoms with Gasteiger partial charge in [-0.25, -0.2) is 9.59 Å². The van der Waals surface area contributed by atoms with E-state index in [0.717, 1.165) is 19.6 Å². The maximum absolute atomic E-state index is 11.8. The van der Waals surface area contributed by atoms with Gasteiger partial charge in [0.05, 0.1) is 0 Å². The fourth-order valence-corrected chi connectivity index (χ4v) is 2.91. The quantitative estimate of drug-likeness (QED) is 0.596. The molecule has 1 heterocycles. The van der Waals surface area contributed by atoms with Crippen LogP contribution in [-0.2, 0) is 4.79 Å². The maximum atomic E-state index is 11.8. The van der Waals surface area contributed by atoms with Crippen molar-refractivity contribution in [3.05, 3.63) is 0 Å². The summed E-state index contributed by atoms with van der Waals surface area (Å²) < 4.78 is 0. The number of urea groups is 1. The fraction of sp³-hybridized carbons (Fsp3) is 0.857. The highest BCUT2D eigenvalue weighted by atomic mass is 32.2. The zero-order valence-corrected chi connectivity index (χ0v) is 13.7. The Hall–Kier alpha value is -0.950. The molecular weight excluding hydrogens is 290 g/mol. The molecular formula is C14H27N3O3S. The Bertz CT molecular complexity index is 335. The van der Waals surface area contributed by atoms with Gasteiger partial charge in [-0.05, 0) is 50.3 Å². The monoisotopic (exact) mass is 317 g/mol. The largest absolute Gasteiger partial charge is 0.480 e. The predicted octanol–water partition coefficient (Wildman–Crippen LogP) is 1.22. The van der Waals surface area contributed by atoms with Crippen molar-refractivity contribution in [1.82, 2.24) is 15.5 Å². The Labute approximate surface area is 131 Å². The van der Waals surface area contributed by atoms with Gasteiger partial charge in [0.1, 0.15) is 6.04 Å². The van der Waals surface area contributed by atoms with Crippen LogP contribution in [0.1, 0.15) is 26.2 Å². The minimum Gasteiger partial charge on any atom is -0.480 e. The van der Waals surface area contributed by atoms with Crippen molar-refractivity contribution < 1.29 is 14.7 Å². The van der Waals surface area contributed by atoms with Crippen molar-refractivity contribution in [3.8, 4) is 0 Å². The topological polar surface area (TPSA) is 81.7 Å². The zero-order chi connectivity index (χ0) is 15.7. The minimum atomic E-state index is -0.982. The normalized spacial score (nSPS) is 18.2. The number of rotatable bonds is 9. The Balaban J connectivity index is 2.22. The number of nitrogens with one attached hydrogen (secondary N) is 2. The lowest BCUT2D eigenvalue weighted by Gasteiger charge is -2.21. The van der Waals surface area contributed by atoms with Gasteiger partial charge >= 0.3 is 12.0 Å². The van der Waals surface area contributed by atoms with Gasteiger partial charge < -0.3 is 20.6 Å². The second-order valence-electron chi connectivity index (χ2n) is 5.64. The highest BCUT2D eigenvalue weighted by Crippen LogP contribution is 2.09. The average molecular weight is 317 g/mol. The van der Waals surface area contributed by atoms with Crippen molar-refractivity contribution in [2.45, 2.75) is 32.2 Å². The first-order valence-corrected chi connectivity index (χ1v) is 8.90. The van der Waals surface area contributed by atoms with E-state index in [0.29, 0.717) is 24.6 Å². The van der Waals surface area contributed by atoms with E-state index in [1.54, 1.807) is 11.8 Å². The highest BCUT2D eigenvalue weighted by Gasteiger charge is 2.20. The minimum absolute atomic E-state index is 0.364. The van der Waals surface area contributed by atoms with E-state index in [1.165, 1.54) is 12.8 Å². The Morgan fingerprint density at radius 3 is 2.57 bits per heavy atom. The summed E-state index contributed by atoms with van der Waals surface area (Å²) >= 11 is 1.57. The number of carbonyl (C=O) groups is 2. The van der Waals surface area contributed by atoms with Crippen LogP contribution in [-0.4, -0.2) is 66.2 Å². The summed E-state index contributed by atoms with van der Waals surface area (Å²) in [6, 6.07) is -1.21. The summed E-state index contributed by atoms with van der Waals surface area (Å²) in [6.45, 7) is 5.94. The molecule has 0 aromatic heterocycles. The van der Waals surface area contributed by atoms with Crippen LogP contribution in [0.25, 0.3) is 0 Å². The molecule has 1 rings (SSSR count). The Morgan fingerprint density at radius 1 is 1.33 bits per heavy atom. The molecule has 1 aliphatic rings. The molecule has 7 heteroatoms. The van der Waals surface area contributed by atoms with Crippen LogP contribution < -0.4 is 10.6 Å². The molecule has 1 aliphatic heterocycles. The third-order valence-corrected chi connectivity index (χ3v) is 4.24. The molecule has 1 saturated heterocycles. The van der Waals surface area contributed by atoms with Crippen molar-refractivity contribution in [2.24, 2.45) is 5.92 Å². The second-order valence-corrected chi connectivity index (χ2v) is 6.63. The van der Waals surface area contributed by atoms with E-state index < -0.39 is 18.0 Å². The van der Waals surface area contributed by atoms with E-state index in [4.69, 9.17) is 5.11 Å². The van der Waals surface area contributed by atoms with Gasteiger partial charge in [-0.3, -0.25) is 0 Å².